The topological polar surface area (TPSA) is 64.0 Å². The van der Waals surface area contributed by atoms with Gasteiger partial charge in [0.25, 0.3) is 5.91 Å². The highest BCUT2D eigenvalue weighted by Crippen LogP contribution is 2.31. The van der Waals surface area contributed by atoms with Crippen molar-refractivity contribution in [1.29, 1.82) is 0 Å². The first-order valence-corrected chi connectivity index (χ1v) is 9.91. The molecule has 2 aromatic carbocycles. The van der Waals surface area contributed by atoms with Crippen LogP contribution in [0, 0.1) is 13.8 Å². The van der Waals surface area contributed by atoms with Crippen molar-refractivity contribution in [3.8, 4) is 5.69 Å². The van der Waals surface area contributed by atoms with Crippen molar-refractivity contribution in [2.75, 3.05) is 5.32 Å². The van der Waals surface area contributed by atoms with E-state index < -0.39 is 10.8 Å². The summed E-state index contributed by atoms with van der Waals surface area (Å²) in [5, 5.41) is 7.61. The van der Waals surface area contributed by atoms with E-state index in [4.69, 9.17) is 0 Å². The van der Waals surface area contributed by atoms with Crippen molar-refractivity contribution >= 4 is 22.5 Å². The Morgan fingerprint density at radius 3 is 2.46 bits per heavy atom. The monoisotopic (exact) mass is 365 g/mol. The van der Waals surface area contributed by atoms with E-state index in [1.54, 1.807) is 4.68 Å². The number of benzene rings is 2. The number of fused-ring (bicyclic) bond motifs is 1. The summed E-state index contributed by atoms with van der Waals surface area (Å²) in [4.78, 5) is 12.9. The number of rotatable bonds is 3. The number of hydrogen-bond donors (Lipinski definition) is 1. The molecule has 1 aliphatic heterocycles. The first-order chi connectivity index (χ1) is 12.5. The van der Waals surface area contributed by atoms with Crippen LogP contribution in [0.3, 0.4) is 0 Å². The van der Waals surface area contributed by atoms with Crippen molar-refractivity contribution in [3.05, 3.63) is 76.5 Å². The van der Waals surface area contributed by atoms with Crippen molar-refractivity contribution in [1.82, 2.24) is 9.78 Å². The lowest BCUT2D eigenvalue weighted by molar-refractivity contribution is 0.102. The van der Waals surface area contributed by atoms with Gasteiger partial charge in [-0.25, -0.2) is 4.68 Å². The van der Waals surface area contributed by atoms with E-state index in [1.807, 2.05) is 62.4 Å². The number of nitrogens with one attached hydrogen (secondary N) is 1. The molecule has 0 radical (unpaired) electrons. The zero-order chi connectivity index (χ0) is 18.3. The number of carbonyl (C=O) groups excluding carboxylic acids is 1. The largest absolute Gasteiger partial charge is 0.306 e. The molecule has 5 nitrogen and oxygen atoms in total. The van der Waals surface area contributed by atoms with Gasteiger partial charge in [0.1, 0.15) is 5.82 Å². The van der Waals surface area contributed by atoms with Crippen LogP contribution in [0.25, 0.3) is 5.69 Å². The number of amides is 1. The van der Waals surface area contributed by atoms with E-state index in [0.29, 0.717) is 22.9 Å². The van der Waals surface area contributed by atoms with Gasteiger partial charge in [-0.15, -0.1) is 0 Å². The van der Waals surface area contributed by atoms with E-state index in [-0.39, 0.29) is 5.91 Å². The molecule has 132 valence electrons. The van der Waals surface area contributed by atoms with Gasteiger partial charge in [-0.05, 0) is 38.1 Å². The normalized spacial score (nSPS) is 15.7. The summed E-state index contributed by atoms with van der Waals surface area (Å²) in [6.45, 7) is 3.94. The zero-order valence-corrected chi connectivity index (χ0v) is 15.5. The van der Waals surface area contributed by atoms with Gasteiger partial charge in [0.15, 0.2) is 0 Å². The second-order valence-corrected chi connectivity index (χ2v) is 8.04. The molecule has 0 fully saturated rings. The number of aromatic nitrogens is 2. The van der Waals surface area contributed by atoms with Crippen LogP contribution in [0.5, 0.6) is 0 Å². The van der Waals surface area contributed by atoms with Gasteiger partial charge in [-0.3, -0.25) is 9.00 Å². The lowest BCUT2D eigenvalue weighted by atomic mass is 10.1. The van der Waals surface area contributed by atoms with Gasteiger partial charge in [-0.1, -0.05) is 35.4 Å². The van der Waals surface area contributed by atoms with Crippen LogP contribution in [0.2, 0.25) is 0 Å². The van der Waals surface area contributed by atoms with E-state index in [2.05, 4.69) is 10.4 Å². The van der Waals surface area contributed by atoms with Gasteiger partial charge in [0, 0.05) is 21.9 Å². The van der Waals surface area contributed by atoms with Gasteiger partial charge in [0.05, 0.1) is 22.9 Å². The minimum atomic E-state index is -0.957. The van der Waals surface area contributed by atoms with Gasteiger partial charge in [0.2, 0.25) is 0 Å². The third-order valence-electron chi connectivity index (χ3n) is 4.39. The highest BCUT2D eigenvalue weighted by atomic mass is 32.2. The van der Waals surface area contributed by atoms with Crippen molar-refractivity contribution in [2.24, 2.45) is 0 Å². The third-order valence-corrected chi connectivity index (χ3v) is 5.59. The van der Waals surface area contributed by atoms with Gasteiger partial charge in [-0.2, -0.15) is 5.10 Å². The lowest BCUT2D eigenvalue weighted by Gasteiger charge is -2.12. The molecule has 6 heteroatoms. The first kappa shape index (κ1) is 16.7. The fourth-order valence-corrected chi connectivity index (χ4v) is 4.56. The summed E-state index contributed by atoms with van der Waals surface area (Å²) >= 11 is 0. The molecule has 1 aromatic heterocycles. The average Bonchev–Trinajstić information content (AvgIpc) is 3.12. The average molecular weight is 365 g/mol. The maximum absolute atomic E-state index is 12.9. The number of para-hydroxylation sites is 1. The summed E-state index contributed by atoms with van der Waals surface area (Å²) in [5.74, 6) is 1.28. The van der Waals surface area contributed by atoms with Crippen LogP contribution in [-0.4, -0.2) is 19.9 Å². The molecule has 0 bridgehead atoms. The molecular weight excluding hydrogens is 346 g/mol. The number of anilines is 1. The van der Waals surface area contributed by atoms with Crippen LogP contribution in [0.4, 0.5) is 5.82 Å². The maximum Gasteiger partial charge on any atom is 0.256 e. The summed E-state index contributed by atoms with van der Waals surface area (Å²) in [6, 6.07) is 15.4. The summed E-state index contributed by atoms with van der Waals surface area (Å²) in [6.07, 6.45) is 0. The van der Waals surface area contributed by atoms with Crippen LogP contribution in [0.1, 0.15) is 32.7 Å². The van der Waals surface area contributed by atoms with Crippen LogP contribution in [-0.2, 0) is 22.3 Å². The Morgan fingerprint density at radius 2 is 1.77 bits per heavy atom. The van der Waals surface area contributed by atoms with Gasteiger partial charge >= 0.3 is 0 Å². The summed E-state index contributed by atoms with van der Waals surface area (Å²) in [5.41, 5.74) is 5.21. The first-order valence-electron chi connectivity index (χ1n) is 8.42. The SMILES string of the molecule is Cc1cc(C)cc(C(=O)Nc2c3c(nn2-c2ccccc2)C[S@@](=O)C3)c1. The summed E-state index contributed by atoms with van der Waals surface area (Å²) < 4.78 is 13.7. The van der Waals surface area contributed by atoms with Crippen molar-refractivity contribution < 1.29 is 9.00 Å². The Balaban J connectivity index is 1.76. The molecular formula is C20H19N3O2S. The second kappa shape index (κ2) is 6.53. The molecule has 0 saturated heterocycles. The van der Waals surface area contributed by atoms with Crippen LogP contribution >= 0.6 is 0 Å². The highest BCUT2D eigenvalue weighted by Gasteiger charge is 2.28. The predicted molar refractivity (Wildman–Crippen MR) is 103 cm³/mol. The van der Waals surface area contributed by atoms with Gasteiger partial charge < -0.3 is 5.32 Å². The molecule has 1 amide bonds. The molecule has 0 aliphatic carbocycles. The molecule has 0 spiro atoms. The molecule has 1 aliphatic rings. The molecule has 3 aromatic rings. The maximum atomic E-state index is 12.9. The molecule has 2 heterocycles. The third kappa shape index (κ3) is 3.08. The number of carbonyl (C=O) groups is 1. The minimum absolute atomic E-state index is 0.186. The standard InChI is InChI=1S/C20H19N3O2S/c1-13-8-14(2)10-15(9-13)20(24)21-19-17-11-26(25)12-18(17)22-23(19)16-6-4-3-5-7-16/h3-10H,11-12H2,1-2H3,(H,21,24)/t26-/m0/s1. The Hall–Kier alpha value is -2.73. The number of hydrogen-bond acceptors (Lipinski definition) is 3. The van der Waals surface area contributed by atoms with Crippen LogP contribution < -0.4 is 5.32 Å². The second-order valence-electron chi connectivity index (χ2n) is 6.58. The Kier molecular flexibility index (Phi) is 4.20. The quantitative estimate of drug-likeness (QED) is 0.773. The van der Waals surface area contributed by atoms with E-state index >= 15 is 0 Å². The molecule has 0 saturated carbocycles. The number of nitrogens with zero attached hydrogens (tertiary/aromatic N) is 2. The van der Waals surface area contributed by atoms with E-state index in [9.17, 15) is 9.00 Å². The zero-order valence-electron chi connectivity index (χ0n) is 14.7. The molecule has 1 N–H and O–H groups in total. The summed E-state index contributed by atoms with van der Waals surface area (Å²) in [7, 11) is -0.957. The Labute approximate surface area is 154 Å². The van der Waals surface area contributed by atoms with Crippen molar-refractivity contribution in [2.45, 2.75) is 25.4 Å². The molecule has 1 atom stereocenters. The smallest absolute Gasteiger partial charge is 0.256 e. The fourth-order valence-electron chi connectivity index (χ4n) is 3.30. The Morgan fingerprint density at radius 1 is 1.08 bits per heavy atom. The number of aryl methyl sites for hydroxylation is 2. The molecule has 0 unspecified atom stereocenters. The molecule has 26 heavy (non-hydrogen) atoms. The highest BCUT2D eigenvalue weighted by molar-refractivity contribution is 7.83. The Bertz CT molecular complexity index is 1000. The van der Waals surface area contributed by atoms with E-state index in [0.717, 1.165) is 28.1 Å². The molecule has 4 rings (SSSR count). The minimum Gasteiger partial charge on any atom is -0.306 e. The van der Waals surface area contributed by atoms with Crippen LogP contribution in [0.15, 0.2) is 48.5 Å². The predicted octanol–water partition coefficient (Wildman–Crippen LogP) is 3.50. The lowest BCUT2D eigenvalue weighted by Crippen LogP contribution is -2.17. The fraction of sp³-hybridized carbons (Fsp3) is 0.200. The van der Waals surface area contributed by atoms with Crippen molar-refractivity contribution in [3.63, 3.8) is 0 Å². The van der Waals surface area contributed by atoms with E-state index in [1.165, 1.54) is 0 Å².